The van der Waals surface area contributed by atoms with Gasteiger partial charge in [-0.25, -0.2) is 0 Å². The Bertz CT molecular complexity index is 210. The molecule has 17 heavy (non-hydrogen) atoms. The smallest absolute Gasteiger partial charge is 0.0589 e. The molecule has 0 radical (unpaired) electrons. The molecule has 0 saturated heterocycles. The van der Waals surface area contributed by atoms with Crippen molar-refractivity contribution in [1.29, 1.82) is 0 Å². The second-order valence-corrected chi connectivity index (χ2v) is 5.84. The van der Waals surface area contributed by atoms with Gasteiger partial charge in [0, 0.05) is 26.2 Å². The highest BCUT2D eigenvalue weighted by atomic mass is 16.5. The van der Waals surface area contributed by atoms with E-state index in [4.69, 9.17) is 10.5 Å². The highest BCUT2D eigenvalue weighted by Crippen LogP contribution is 2.32. The first kappa shape index (κ1) is 13.3. The molecule has 2 aliphatic carbocycles. The van der Waals surface area contributed by atoms with Crippen molar-refractivity contribution in [3.8, 4) is 0 Å². The third-order valence-electron chi connectivity index (χ3n) is 4.44. The minimum absolute atomic E-state index is 0.805. The maximum Gasteiger partial charge on any atom is 0.0589 e. The summed E-state index contributed by atoms with van der Waals surface area (Å²) in [6, 6.07) is 0.873. The molecule has 2 aliphatic rings. The molecule has 100 valence electrons. The standard InChI is InChI=1S/C14H28N2O/c1-17-9-8-16(14-6-7-14)11-13-4-2-12(10-15)3-5-13/h12-14H,2-11,15H2,1H3. The Kier molecular flexibility index (Phi) is 5.26. The molecular weight excluding hydrogens is 212 g/mol. The van der Waals surface area contributed by atoms with Crippen molar-refractivity contribution in [2.75, 3.05) is 33.4 Å². The lowest BCUT2D eigenvalue weighted by atomic mass is 9.82. The van der Waals surface area contributed by atoms with Crippen LogP contribution in [-0.4, -0.2) is 44.3 Å². The summed E-state index contributed by atoms with van der Waals surface area (Å²) in [4.78, 5) is 2.66. The van der Waals surface area contributed by atoms with Gasteiger partial charge in [-0.2, -0.15) is 0 Å². The molecule has 0 spiro atoms. The summed E-state index contributed by atoms with van der Waals surface area (Å²) in [6.45, 7) is 4.20. The van der Waals surface area contributed by atoms with Crippen LogP contribution >= 0.6 is 0 Å². The summed E-state index contributed by atoms with van der Waals surface area (Å²) in [6.07, 6.45) is 8.29. The van der Waals surface area contributed by atoms with Crippen molar-refractivity contribution < 1.29 is 4.74 Å². The first-order valence-corrected chi connectivity index (χ1v) is 7.26. The van der Waals surface area contributed by atoms with E-state index in [-0.39, 0.29) is 0 Å². The molecule has 2 fully saturated rings. The second-order valence-electron chi connectivity index (χ2n) is 5.84. The third kappa shape index (κ3) is 4.23. The van der Waals surface area contributed by atoms with Crippen LogP contribution in [0.15, 0.2) is 0 Å². The molecule has 0 aromatic heterocycles. The van der Waals surface area contributed by atoms with Crippen LogP contribution < -0.4 is 5.73 Å². The summed E-state index contributed by atoms with van der Waals surface area (Å²) in [7, 11) is 1.80. The average Bonchev–Trinajstić information content (AvgIpc) is 3.19. The van der Waals surface area contributed by atoms with E-state index in [0.717, 1.165) is 37.6 Å². The van der Waals surface area contributed by atoms with E-state index in [9.17, 15) is 0 Å². The zero-order valence-electron chi connectivity index (χ0n) is 11.2. The van der Waals surface area contributed by atoms with Gasteiger partial charge in [-0.3, -0.25) is 4.90 Å². The molecule has 3 heteroatoms. The number of nitrogens with two attached hydrogens (primary N) is 1. The van der Waals surface area contributed by atoms with Gasteiger partial charge in [0.05, 0.1) is 6.61 Å². The largest absolute Gasteiger partial charge is 0.383 e. The molecule has 0 amide bonds. The second kappa shape index (κ2) is 6.72. The predicted octanol–water partition coefficient (Wildman–Crippen LogP) is 1.86. The van der Waals surface area contributed by atoms with Crippen LogP contribution in [0.4, 0.5) is 0 Å². The van der Waals surface area contributed by atoms with Gasteiger partial charge in [0.1, 0.15) is 0 Å². The van der Waals surface area contributed by atoms with E-state index in [2.05, 4.69) is 4.90 Å². The first-order valence-electron chi connectivity index (χ1n) is 7.26. The number of ether oxygens (including phenoxy) is 1. The van der Waals surface area contributed by atoms with Crippen LogP contribution in [0.3, 0.4) is 0 Å². The van der Waals surface area contributed by atoms with Gasteiger partial charge in [-0.05, 0) is 56.9 Å². The van der Waals surface area contributed by atoms with Crippen LogP contribution in [0.5, 0.6) is 0 Å². The fourth-order valence-electron chi connectivity index (χ4n) is 3.05. The molecule has 0 heterocycles. The highest BCUT2D eigenvalue weighted by Gasteiger charge is 2.31. The Morgan fingerprint density at radius 2 is 1.71 bits per heavy atom. The normalized spacial score (nSPS) is 29.8. The molecule has 0 aliphatic heterocycles. The predicted molar refractivity (Wildman–Crippen MR) is 71.0 cm³/mol. The van der Waals surface area contributed by atoms with E-state index in [1.165, 1.54) is 45.1 Å². The SMILES string of the molecule is COCCN(CC1CCC(CN)CC1)C1CC1. The molecule has 0 unspecified atom stereocenters. The van der Waals surface area contributed by atoms with Crippen molar-refractivity contribution in [2.45, 2.75) is 44.6 Å². The van der Waals surface area contributed by atoms with Crippen molar-refractivity contribution in [3.05, 3.63) is 0 Å². The fraction of sp³-hybridized carbons (Fsp3) is 1.00. The van der Waals surface area contributed by atoms with Gasteiger partial charge >= 0.3 is 0 Å². The number of nitrogens with zero attached hydrogens (tertiary/aromatic N) is 1. The number of rotatable bonds is 7. The molecule has 3 nitrogen and oxygen atoms in total. The number of hydrogen-bond acceptors (Lipinski definition) is 3. The minimum atomic E-state index is 0.805. The Labute approximate surface area is 106 Å². The Hall–Kier alpha value is -0.120. The lowest BCUT2D eigenvalue weighted by Crippen LogP contribution is -2.36. The molecule has 2 rings (SSSR count). The van der Waals surface area contributed by atoms with Crippen LogP contribution in [0.25, 0.3) is 0 Å². The maximum atomic E-state index is 5.75. The van der Waals surface area contributed by atoms with Crippen LogP contribution in [0.2, 0.25) is 0 Å². The van der Waals surface area contributed by atoms with E-state index in [1.54, 1.807) is 7.11 Å². The maximum absolute atomic E-state index is 5.75. The average molecular weight is 240 g/mol. The van der Waals surface area contributed by atoms with Gasteiger partial charge in [0.2, 0.25) is 0 Å². The zero-order valence-corrected chi connectivity index (χ0v) is 11.2. The van der Waals surface area contributed by atoms with Crippen molar-refractivity contribution in [3.63, 3.8) is 0 Å². The summed E-state index contributed by atoms with van der Waals surface area (Å²) < 4.78 is 5.22. The van der Waals surface area contributed by atoms with Crippen molar-refractivity contribution in [1.82, 2.24) is 4.90 Å². The molecule has 2 saturated carbocycles. The minimum Gasteiger partial charge on any atom is -0.383 e. The van der Waals surface area contributed by atoms with Crippen LogP contribution in [0.1, 0.15) is 38.5 Å². The van der Waals surface area contributed by atoms with Crippen molar-refractivity contribution >= 4 is 0 Å². The lowest BCUT2D eigenvalue weighted by molar-refractivity contribution is 0.119. The zero-order chi connectivity index (χ0) is 12.1. The molecule has 0 aromatic rings. The highest BCUT2D eigenvalue weighted by molar-refractivity contribution is 4.86. The van der Waals surface area contributed by atoms with E-state index in [1.807, 2.05) is 0 Å². The monoisotopic (exact) mass is 240 g/mol. The summed E-state index contributed by atoms with van der Waals surface area (Å²) in [5.74, 6) is 1.72. The summed E-state index contributed by atoms with van der Waals surface area (Å²) in [5, 5.41) is 0. The Morgan fingerprint density at radius 1 is 1.06 bits per heavy atom. The van der Waals surface area contributed by atoms with Gasteiger partial charge in [0.15, 0.2) is 0 Å². The number of methoxy groups -OCH3 is 1. The van der Waals surface area contributed by atoms with Gasteiger partial charge in [0.25, 0.3) is 0 Å². The van der Waals surface area contributed by atoms with Gasteiger partial charge in [-0.15, -0.1) is 0 Å². The fourth-order valence-corrected chi connectivity index (χ4v) is 3.05. The molecule has 2 N–H and O–H groups in total. The number of hydrogen-bond donors (Lipinski definition) is 1. The van der Waals surface area contributed by atoms with Gasteiger partial charge in [-0.1, -0.05) is 0 Å². The molecule has 0 bridgehead atoms. The quantitative estimate of drug-likeness (QED) is 0.738. The van der Waals surface area contributed by atoms with E-state index >= 15 is 0 Å². The lowest BCUT2D eigenvalue weighted by Gasteiger charge is -2.32. The Balaban J connectivity index is 1.70. The molecule has 0 aromatic carbocycles. The summed E-state index contributed by atoms with van der Waals surface area (Å²) in [5.41, 5.74) is 5.75. The Morgan fingerprint density at radius 3 is 2.24 bits per heavy atom. The van der Waals surface area contributed by atoms with Crippen LogP contribution in [-0.2, 0) is 4.74 Å². The van der Waals surface area contributed by atoms with Gasteiger partial charge < -0.3 is 10.5 Å². The first-order chi connectivity index (χ1) is 8.33. The summed E-state index contributed by atoms with van der Waals surface area (Å²) >= 11 is 0. The van der Waals surface area contributed by atoms with Crippen LogP contribution in [0, 0.1) is 11.8 Å². The molecule has 0 atom stereocenters. The molecular formula is C14H28N2O. The van der Waals surface area contributed by atoms with E-state index < -0.39 is 0 Å². The van der Waals surface area contributed by atoms with Crippen molar-refractivity contribution in [2.24, 2.45) is 17.6 Å². The topological polar surface area (TPSA) is 38.5 Å². The van der Waals surface area contributed by atoms with E-state index in [0.29, 0.717) is 0 Å². The third-order valence-corrected chi connectivity index (χ3v) is 4.44.